The van der Waals surface area contributed by atoms with E-state index >= 15 is 0 Å². The van der Waals surface area contributed by atoms with Gasteiger partial charge in [0, 0.05) is 6.04 Å². The normalized spacial score (nSPS) is 20.2. The smallest absolute Gasteiger partial charge is 0.339 e. The van der Waals surface area contributed by atoms with Crippen LogP contribution in [-0.2, 0) is 19.4 Å². The number of methoxy groups -OCH3 is 1. The zero-order chi connectivity index (χ0) is 17.9. The van der Waals surface area contributed by atoms with Gasteiger partial charge in [-0.2, -0.15) is 0 Å². The van der Waals surface area contributed by atoms with Crippen molar-refractivity contribution in [2.75, 3.05) is 18.6 Å². The van der Waals surface area contributed by atoms with E-state index in [1.165, 1.54) is 26.2 Å². The molecule has 1 N–H and O–H groups in total. The third-order valence-electron chi connectivity index (χ3n) is 3.62. The number of halogens is 1. The summed E-state index contributed by atoms with van der Waals surface area (Å²) in [6.07, 6.45) is -0.802. The van der Waals surface area contributed by atoms with Crippen molar-refractivity contribution in [1.29, 1.82) is 0 Å². The maximum Gasteiger partial charge on any atom is 0.339 e. The maximum absolute atomic E-state index is 13.6. The topological polar surface area (TPSA) is 98.8 Å². The monoisotopic (exact) mass is 359 g/mol. The number of ether oxygens (including phenoxy) is 2. The molecule has 1 aromatic rings. The van der Waals surface area contributed by atoms with E-state index < -0.39 is 39.7 Å². The predicted molar refractivity (Wildman–Crippen MR) is 83.0 cm³/mol. The number of nitrogens with one attached hydrogen (secondary N) is 1. The van der Waals surface area contributed by atoms with E-state index in [0.717, 1.165) is 6.07 Å². The molecule has 132 valence electrons. The Hall–Kier alpha value is -2.16. The second-order valence-corrected chi connectivity index (χ2v) is 7.73. The van der Waals surface area contributed by atoms with E-state index in [-0.39, 0.29) is 22.8 Å². The van der Waals surface area contributed by atoms with Crippen LogP contribution < -0.4 is 10.1 Å². The number of hydrogen-bond donors (Lipinski definition) is 1. The summed E-state index contributed by atoms with van der Waals surface area (Å²) in [7, 11) is -1.82. The molecule has 24 heavy (non-hydrogen) atoms. The first-order chi connectivity index (χ1) is 11.2. The van der Waals surface area contributed by atoms with Gasteiger partial charge in [0.15, 0.2) is 27.5 Å². The van der Waals surface area contributed by atoms with Gasteiger partial charge in [0.25, 0.3) is 5.91 Å². The van der Waals surface area contributed by atoms with Gasteiger partial charge in [-0.3, -0.25) is 4.79 Å². The SMILES string of the molecule is COc1ccc(C(=O)O[C@@H](C)C(=O)N[C@H]2CCS(=O)(=O)C2)cc1F. The van der Waals surface area contributed by atoms with Crippen LogP contribution in [0.25, 0.3) is 0 Å². The van der Waals surface area contributed by atoms with E-state index in [1.54, 1.807) is 0 Å². The third kappa shape index (κ3) is 4.44. The van der Waals surface area contributed by atoms with Crippen LogP contribution in [0, 0.1) is 5.82 Å². The first-order valence-corrected chi connectivity index (χ1v) is 9.09. The van der Waals surface area contributed by atoms with Crippen molar-refractivity contribution in [3.63, 3.8) is 0 Å². The molecule has 0 unspecified atom stereocenters. The Bertz CT molecular complexity index is 748. The minimum atomic E-state index is -3.12. The minimum Gasteiger partial charge on any atom is -0.494 e. The Morgan fingerprint density at radius 2 is 2.08 bits per heavy atom. The van der Waals surface area contributed by atoms with E-state index in [2.05, 4.69) is 5.32 Å². The molecule has 2 rings (SSSR count). The quantitative estimate of drug-likeness (QED) is 0.777. The van der Waals surface area contributed by atoms with Crippen molar-refractivity contribution in [2.24, 2.45) is 0 Å². The highest BCUT2D eigenvalue weighted by molar-refractivity contribution is 7.91. The van der Waals surface area contributed by atoms with Crippen LogP contribution in [-0.4, -0.2) is 51.1 Å². The lowest BCUT2D eigenvalue weighted by molar-refractivity contribution is -0.129. The Kier molecular flexibility index (Phi) is 5.43. The van der Waals surface area contributed by atoms with Gasteiger partial charge in [-0.1, -0.05) is 0 Å². The molecular weight excluding hydrogens is 341 g/mol. The molecule has 0 radical (unpaired) electrons. The number of carbonyl (C=O) groups is 2. The molecule has 1 heterocycles. The summed E-state index contributed by atoms with van der Waals surface area (Å²) in [5.41, 5.74) is -0.0589. The highest BCUT2D eigenvalue weighted by Crippen LogP contribution is 2.18. The van der Waals surface area contributed by atoms with E-state index in [4.69, 9.17) is 9.47 Å². The molecule has 0 aliphatic carbocycles. The Balaban J connectivity index is 1.93. The Morgan fingerprint density at radius 3 is 2.62 bits per heavy atom. The van der Waals surface area contributed by atoms with Gasteiger partial charge in [0.2, 0.25) is 0 Å². The standard InChI is InChI=1S/C15H18FNO6S/c1-9(14(18)17-11-5-6-24(20,21)8-11)23-15(19)10-3-4-13(22-2)12(16)7-10/h3-4,7,9,11H,5-6,8H2,1-2H3,(H,17,18)/t9-,11-/m0/s1. The summed E-state index contributed by atoms with van der Waals surface area (Å²) in [6, 6.07) is 3.07. The van der Waals surface area contributed by atoms with Crippen LogP contribution in [0.2, 0.25) is 0 Å². The highest BCUT2D eigenvalue weighted by Gasteiger charge is 2.30. The van der Waals surface area contributed by atoms with Crippen LogP contribution in [0.5, 0.6) is 5.75 Å². The van der Waals surface area contributed by atoms with Crippen molar-refractivity contribution >= 4 is 21.7 Å². The molecule has 2 atom stereocenters. The average Bonchev–Trinajstić information content (AvgIpc) is 2.85. The molecule has 7 nitrogen and oxygen atoms in total. The minimum absolute atomic E-state index is 0.0141. The fourth-order valence-electron chi connectivity index (χ4n) is 2.30. The van der Waals surface area contributed by atoms with Gasteiger partial charge in [0.1, 0.15) is 0 Å². The number of hydrogen-bond acceptors (Lipinski definition) is 6. The van der Waals surface area contributed by atoms with Crippen LogP contribution in [0.1, 0.15) is 23.7 Å². The Labute approximate surface area is 139 Å². The summed E-state index contributed by atoms with van der Waals surface area (Å²) in [6.45, 7) is 1.36. The van der Waals surface area contributed by atoms with Crippen molar-refractivity contribution in [1.82, 2.24) is 5.32 Å². The van der Waals surface area contributed by atoms with Gasteiger partial charge in [-0.05, 0) is 31.5 Å². The van der Waals surface area contributed by atoms with Crippen molar-refractivity contribution < 1.29 is 31.9 Å². The lowest BCUT2D eigenvalue weighted by Crippen LogP contribution is -2.42. The van der Waals surface area contributed by atoms with Crippen molar-refractivity contribution in [2.45, 2.75) is 25.5 Å². The van der Waals surface area contributed by atoms with E-state index in [0.29, 0.717) is 6.42 Å². The lowest BCUT2D eigenvalue weighted by atomic mass is 10.2. The molecule has 1 aliphatic heterocycles. The summed E-state index contributed by atoms with van der Waals surface area (Å²) in [5.74, 6) is -2.29. The van der Waals surface area contributed by atoms with Gasteiger partial charge >= 0.3 is 5.97 Å². The zero-order valence-corrected chi connectivity index (χ0v) is 14.1. The largest absolute Gasteiger partial charge is 0.494 e. The molecule has 0 saturated carbocycles. The number of carbonyl (C=O) groups excluding carboxylic acids is 2. The first kappa shape index (κ1) is 18.2. The van der Waals surface area contributed by atoms with Crippen molar-refractivity contribution in [3.05, 3.63) is 29.6 Å². The van der Waals surface area contributed by atoms with E-state index in [1.807, 2.05) is 0 Å². The fraction of sp³-hybridized carbons (Fsp3) is 0.467. The number of amides is 1. The predicted octanol–water partition coefficient (Wildman–Crippen LogP) is 0.683. The van der Waals surface area contributed by atoms with Crippen LogP contribution in [0.3, 0.4) is 0 Å². The molecule has 0 aromatic heterocycles. The number of esters is 1. The third-order valence-corrected chi connectivity index (χ3v) is 5.39. The summed E-state index contributed by atoms with van der Waals surface area (Å²) < 4.78 is 46.0. The second-order valence-electron chi connectivity index (χ2n) is 5.51. The Morgan fingerprint density at radius 1 is 1.38 bits per heavy atom. The van der Waals surface area contributed by atoms with Gasteiger partial charge in [0.05, 0.1) is 24.2 Å². The molecule has 1 amide bonds. The first-order valence-electron chi connectivity index (χ1n) is 7.27. The number of sulfone groups is 1. The summed E-state index contributed by atoms with van der Waals surface area (Å²) in [4.78, 5) is 23.9. The summed E-state index contributed by atoms with van der Waals surface area (Å²) in [5, 5.41) is 2.53. The molecular formula is C15H18FNO6S. The molecule has 0 spiro atoms. The molecule has 1 fully saturated rings. The maximum atomic E-state index is 13.6. The van der Waals surface area contributed by atoms with Crippen molar-refractivity contribution in [3.8, 4) is 5.75 Å². The van der Waals surface area contributed by atoms with Gasteiger partial charge in [-0.25, -0.2) is 17.6 Å². The lowest BCUT2D eigenvalue weighted by Gasteiger charge is -2.16. The molecule has 1 saturated heterocycles. The zero-order valence-electron chi connectivity index (χ0n) is 13.2. The number of benzene rings is 1. The molecule has 1 aliphatic rings. The van der Waals surface area contributed by atoms with Crippen LogP contribution >= 0.6 is 0 Å². The van der Waals surface area contributed by atoms with Gasteiger partial charge < -0.3 is 14.8 Å². The van der Waals surface area contributed by atoms with Gasteiger partial charge in [-0.15, -0.1) is 0 Å². The number of rotatable bonds is 5. The average molecular weight is 359 g/mol. The molecule has 0 bridgehead atoms. The molecule has 9 heteroatoms. The fourth-order valence-corrected chi connectivity index (χ4v) is 3.98. The second kappa shape index (κ2) is 7.16. The van der Waals surface area contributed by atoms with Crippen LogP contribution in [0.15, 0.2) is 18.2 Å². The van der Waals surface area contributed by atoms with Crippen LogP contribution in [0.4, 0.5) is 4.39 Å². The highest BCUT2D eigenvalue weighted by atomic mass is 32.2. The molecule has 1 aromatic carbocycles. The van der Waals surface area contributed by atoms with E-state index in [9.17, 15) is 22.4 Å². The summed E-state index contributed by atoms with van der Waals surface area (Å²) >= 11 is 0.